The van der Waals surface area contributed by atoms with E-state index in [9.17, 15) is 13.2 Å². The zero-order valence-electron chi connectivity index (χ0n) is 10.1. The molecule has 0 atom stereocenters. The summed E-state index contributed by atoms with van der Waals surface area (Å²) in [5, 5.41) is 6.11. The largest absolute Gasteiger partial charge is 0.390 e. The molecule has 0 amide bonds. The number of benzene rings is 1. The quantitative estimate of drug-likeness (QED) is 0.810. The first-order valence-electron chi connectivity index (χ1n) is 6.13. The minimum atomic E-state index is -4.08. The van der Waals surface area contributed by atoms with E-state index in [1.54, 1.807) is 0 Å². The van der Waals surface area contributed by atoms with Crippen molar-refractivity contribution in [3.05, 3.63) is 34.9 Å². The van der Waals surface area contributed by atoms with Crippen LogP contribution in [0.25, 0.3) is 0 Å². The molecule has 2 rings (SSSR count). The second kappa shape index (κ2) is 5.71. The van der Waals surface area contributed by atoms with Gasteiger partial charge in [0, 0.05) is 19.6 Å². The molecule has 1 aliphatic rings. The van der Waals surface area contributed by atoms with Crippen molar-refractivity contribution in [2.45, 2.75) is 32.1 Å². The van der Waals surface area contributed by atoms with Gasteiger partial charge in [0.15, 0.2) is 0 Å². The van der Waals surface area contributed by atoms with E-state index in [1.165, 1.54) is 11.1 Å². The molecule has 0 unspecified atom stereocenters. The molecule has 2 nitrogen and oxygen atoms in total. The van der Waals surface area contributed by atoms with E-state index in [-0.39, 0.29) is 6.54 Å². The molecule has 5 heteroatoms. The number of rotatable bonds is 4. The molecule has 18 heavy (non-hydrogen) atoms. The van der Waals surface area contributed by atoms with Gasteiger partial charge in [0.1, 0.15) is 0 Å². The fraction of sp³-hybridized carbons (Fsp3) is 0.538. The Morgan fingerprint density at radius 2 is 2.06 bits per heavy atom. The van der Waals surface area contributed by atoms with Gasteiger partial charge in [-0.1, -0.05) is 18.2 Å². The lowest BCUT2D eigenvalue weighted by Crippen LogP contribution is -2.24. The van der Waals surface area contributed by atoms with Gasteiger partial charge in [0.25, 0.3) is 0 Å². The summed E-state index contributed by atoms with van der Waals surface area (Å²) in [5.74, 6) is 0. The number of halogens is 3. The summed E-state index contributed by atoms with van der Waals surface area (Å²) in [6.07, 6.45) is -3.83. The maximum absolute atomic E-state index is 12.0. The first-order chi connectivity index (χ1) is 8.54. The molecule has 0 aromatic heterocycles. The van der Waals surface area contributed by atoms with Crippen LogP contribution in [0.2, 0.25) is 0 Å². The summed E-state index contributed by atoms with van der Waals surface area (Å²) in [5.41, 5.74) is 3.64. The van der Waals surface area contributed by atoms with Crippen molar-refractivity contribution in [3.63, 3.8) is 0 Å². The van der Waals surface area contributed by atoms with Crippen molar-refractivity contribution in [2.75, 3.05) is 13.1 Å². The monoisotopic (exact) mass is 258 g/mol. The van der Waals surface area contributed by atoms with Crippen LogP contribution in [-0.4, -0.2) is 19.3 Å². The van der Waals surface area contributed by atoms with Gasteiger partial charge in [-0.25, -0.2) is 0 Å². The van der Waals surface area contributed by atoms with Gasteiger partial charge in [-0.05, 0) is 29.7 Å². The normalized spacial score (nSPS) is 15.5. The van der Waals surface area contributed by atoms with Gasteiger partial charge >= 0.3 is 6.18 Å². The standard InChI is InChI=1S/C13H17F3N2/c14-13(15,16)4-6-18-8-10-1-2-11-3-5-17-9-12(11)7-10/h1-2,7,17-18H,3-6,8-9H2. The van der Waals surface area contributed by atoms with Crippen molar-refractivity contribution in [1.29, 1.82) is 0 Å². The van der Waals surface area contributed by atoms with Gasteiger partial charge in [0.05, 0.1) is 6.42 Å². The van der Waals surface area contributed by atoms with Crippen LogP contribution in [0.1, 0.15) is 23.1 Å². The molecule has 2 N–H and O–H groups in total. The number of nitrogens with one attached hydrogen (secondary N) is 2. The molecule has 1 aromatic carbocycles. The molecule has 0 aliphatic carbocycles. The molecule has 0 spiro atoms. The summed E-state index contributed by atoms with van der Waals surface area (Å²) in [7, 11) is 0. The van der Waals surface area contributed by atoms with Crippen molar-refractivity contribution < 1.29 is 13.2 Å². The summed E-state index contributed by atoms with van der Waals surface area (Å²) in [6.45, 7) is 2.31. The Hall–Kier alpha value is -1.07. The summed E-state index contributed by atoms with van der Waals surface area (Å²) in [4.78, 5) is 0. The molecule has 1 aromatic rings. The molecule has 0 saturated carbocycles. The Kier molecular flexibility index (Phi) is 4.24. The average Bonchev–Trinajstić information content (AvgIpc) is 2.33. The Bertz CT molecular complexity index is 402. The number of alkyl halides is 3. The lowest BCUT2D eigenvalue weighted by Gasteiger charge is -2.18. The molecule has 0 saturated heterocycles. The molecule has 100 valence electrons. The second-order valence-corrected chi connectivity index (χ2v) is 4.57. The molecule has 0 radical (unpaired) electrons. The van der Waals surface area contributed by atoms with E-state index < -0.39 is 12.6 Å². The topological polar surface area (TPSA) is 24.1 Å². The third-order valence-corrected chi connectivity index (χ3v) is 3.07. The van der Waals surface area contributed by atoms with Crippen molar-refractivity contribution >= 4 is 0 Å². The van der Waals surface area contributed by atoms with Crippen LogP contribution in [0.15, 0.2) is 18.2 Å². The van der Waals surface area contributed by atoms with Crippen molar-refractivity contribution in [1.82, 2.24) is 10.6 Å². The van der Waals surface area contributed by atoms with E-state index in [1.807, 2.05) is 6.07 Å². The average molecular weight is 258 g/mol. The molecule has 1 aliphatic heterocycles. The number of hydrogen-bond donors (Lipinski definition) is 2. The maximum atomic E-state index is 12.0. The predicted molar refractivity (Wildman–Crippen MR) is 64.2 cm³/mol. The lowest BCUT2D eigenvalue weighted by atomic mass is 9.98. The third kappa shape index (κ3) is 3.99. The van der Waals surface area contributed by atoms with Crippen LogP contribution in [0.4, 0.5) is 13.2 Å². The fourth-order valence-corrected chi connectivity index (χ4v) is 2.11. The summed E-state index contributed by atoms with van der Waals surface area (Å²) >= 11 is 0. The SMILES string of the molecule is FC(F)(F)CCNCc1ccc2c(c1)CNCC2. The highest BCUT2D eigenvalue weighted by Crippen LogP contribution is 2.19. The van der Waals surface area contributed by atoms with Gasteiger partial charge in [-0.3, -0.25) is 0 Å². The fourth-order valence-electron chi connectivity index (χ4n) is 2.11. The first kappa shape index (κ1) is 13.4. The van der Waals surface area contributed by atoms with Crippen LogP contribution >= 0.6 is 0 Å². The molecular weight excluding hydrogens is 241 g/mol. The highest BCUT2D eigenvalue weighted by atomic mass is 19.4. The van der Waals surface area contributed by atoms with Crippen LogP contribution in [0.5, 0.6) is 0 Å². The van der Waals surface area contributed by atoms with Crippen LogP contribution < -0.4 is 10.6 Å². The van der Waals surface area contributed by atoms with E-state index in [2.05, 4.69) is 22.8 Å². The third-order valence-electron chi connectivity index (χ3n) is 3.07. The Balaban J connectivity index is 1.83. The Morgan fingerprint density at radius 1 is 1.22 bits per heavy atom. The van der Waals surface area contributed by atoms with E-state index in [0.717, 1.165) is 25.1 Å². The van der Waals surface area contributed by atoms with Crippen molar-refractivity contribution in [3.8, 4) is 0 Å². The lowest BCUT2D eigenvalue weighted by molar-refractivity contribution is -0.133. The summed E-state index contributed by atoms with van der Waals surface area (Å²) in [6, 6.07) is 6.14. The zero-order chi connectivity index (χ0) is 13.0. The predicted octanol–water partition coefficient (Wildman–Crippen LogP) is 2.37. The van der Waals surface area contributed by atoms with Gasteiger partial charge in [0.2, 0.25) is 0 Å². The van der Waals surface area contributed by atoms with E-state index in [4.69, 9.17) is 0 Å². The van der Waals surface area contributed by atoms with E-state index >= 15 is 0 Å². The molecule has 0 fully saturated rings. The first-order valence-corrected chi connectivity index (χ1v) is 6.13. The smallest absolute Gasteiger partial charge is 0.312 e. The minimum Gasteiger partial charge on any atom is -0.312 e. The highest BCUT2D eigenvalue weighted by Gasteiger charge is 2.25. The van der Waals surface area contributed by atoms with Crippen LogP contribution in [0.3, 0.4) is 0 Å². The Morgan fingerprint density at radius 3 is 2.83 bits per heavy atom. The summed E-state index contributed by atoms with van der Waals surface area (Å²) < 4.78 is 35.9. The van der Waals surface area contributed by atoms with Gasteiger partial charge in [-0.2, -0.15) is 13.2 Å². The zero-order valence-corrected chi connectivity index (χ0v) is 10.1. The second-order valence-electron chi connectivity index (χ2n) is 4.57. The van der Waals surface area contributed by atoms with Crippen LogP contribution in [-0.2, 0) is 19.5 Å². The van der Waals surface area contributed by atoms with E-state index in [0.29, 0.717) is 6.54 Å². The van der Waals surface area contributed by atoms with Gasteiger partial charge in [-0.15, -0.1) is 0 Å². The molecule has 0 bridgehead atoms. The molecular formula is C13H17F3N2. The maximum Gasteiger partial charge on any atom is 0.390 e. The molecule has 1 heterocycles. The van der Waals surface area contributed by atoms with Crippen molar-refractivity contribution in [2.24, 2.45) is 0 Å². The highest BCUT2D eigenvalue weighted by molar-refractivity contribution is 5.33. The minimum absolute atomic E-state index is 0.0289. The van der Waals surface area contributed by atoms with Crippen LogP contribution in [0, 0.1) is 0 Å². The number of fused-ring (bicyclic) bond motifs is 1. The Labute approximate surface area is 105 Å². The number of hydrogen-bond acceptors (Lipinski definition) is 2. The van der Waals surface area contributed by atoms with Gasteiger partial charge < -0.3 is 10.6 Å².